The second kappa shape index (κ2) is 13.6. The molecule has 1 saturated heterocycles. The van der Waals surface area contributed by atoms with Crippen molar-refractivity contribution in [2.24, 2.45) is 11.3 Å². The molecule has 5 atom stereocenters. The number of benzene rings is 1. The molecule has 3 fully saturated rings. The summed E-state index contributed by atoms with van der Waals surface area (Å²) < 4.78 is 38.2. The predicted octanol–water partition coefficient (Wildman–Crippen LogP) is 3.47. The van der Waals surface area contributed by atoms with Crippen LogP contribution in [0.25, 0.3) is 0 Å². The summed E-state index contributed by atoms with van der Waals surface area (Å²) in [5, 5.41) is 7.44. The average molecular weight is 710 g/mol. The molecule has 1 heterocycles. The molecule has 0 radical (unpaired) electrons. The number of ether oxygens (including phenoxy) is 2. The van der Waals surface area contributed by atoms with Crippen LogP contribution < -0.4 is 20.7 Å². The third-order valence-corrected chi connectivity index (χ3v) is 10.4. The molecule has 5 amide bonds. The van der Waals surface area contributed by atoms with Gasteiger partial charge in [0.25, 0.3) is 5.91 Å². The van der Waals surface area contributed by atoms with Crippen molar-refractivity contribution in [3.05, 3.63) is 41.9 Å². The van der Waals surface area contributed by atoms with Crippen LogP contribution in [0.3, 0.4) is 0 Å². The highest BCUT2D eigenvalue weighted by molar-refractivity contribution is 7.91. The third kappa shape index (κ3) is 8.78. The van der Waals surface area contributed by atoms with Gasteiger partial charge in [-0.2, -0.15) is 0 Å². The number of carbonyl (C=O) groups is 5. The Morgan fingerprint density at radius 2 is 1.71 bits per heavy atom. The molecule has 1 aliphatic heterocycles. The van der Waals surface area contributed by atoms with E-state index in [1.54, 1.807) is 65.8 Å². The topological polar surface area (TPSA) is 189 Å². The molecule has 4 N–H and O–H groups in total. The largest absolute Gasteiger partial charge is 0.444 e. The van der Waals surface area contributed by atoms with E-state index in [0.29, 0.717) is 12.8 Å². The molecular formula is C32H44ClN5O9S. The Bertz CT molecular complexity index is 1580. The highest BCUT2D eigenvalue weighted by Gasteiger charge is 2.62. The molecule has 5 unspecified atom stereocenters. The SMILES string of the molecule is C=CC1CC1(NC(=O)C1CC(OC(=O)Nc2ccccc2Cl)CN1C(=O)C(NC(=O)OC(C)(C)C)C(C)(C)C)C(=O)NS(=O)(=O)C1CC1. The first-order chi connectivity index (χ1) is 22.2. The number of sulfonamides is 1. The summed E-state index contributed by atoms with van der Waals surface area (Å²) in [6, 6.07) is 4.05. The second-order valence-electron chi connectivity index (χ2n) is 14.5. The van der Waals surface area contributed by atoms with E-state index in [2.05, 4.69) is 27.3 Å². The molecule has 3 aliphatic rings. The summed E-state index contributed by atoms with van der Waals surface area (Å²) in [4.78, 5) is 68.3. The van der Waals surface area contributed by atoms with Gasteiger partial charge in [-0.25, -0.2) is 18.0 Å². The standard InChI is InChI=1S/C32H44ClN5O9S/c1-8-18-16-32(18,27(41)37-48(44,45)20-13-14-20)36-25(39)23-15-19(46-28(42)34-22-12-10-9-11-21(22)33)17-38(23)26(40)24(30(2,3)4)35-29(43)47-31(5,6)7/h8-12,18-20,23-24H,1,13-17H2,2-7H3,(H,34,42)(H,35,43)(H,36,39)(H,37,41). The van der Waals surface area contributed by atoms with E-state index in [4.69, 9.17) is 21.1 Å². The van der Waals surface area contributed by atoms with Gasteiger partial charge in [0, 0.05) is 12.3 Å². The van der Waals surface area contributed by atoms with E-state index in [0.717, 1.165) is 0 Å². The normalized spacial score (nSPS) is 24.5. The Hall–Kier alpha value is -3.85. The highest BCUT2D eigenvalue weighted by Crippen LogP contribution is 2.45. The lowest BCUT2D eigenvalue weighted by Crippen LogP contribution is -2.60. The Kier molecular flexibility index (Phi) is 10.5. The van der Waals surface area contributed by atoms with E-state index in [9.17, 15) is 32.4 Å². The summed E-state index contributed by atoms with van der Waals surface area (Å²) in [5.74, 6) is -2.88. The number of carbonyl (C=O) groups excluding carboxylic acids is 5. The summed E-state index contributed by atoms with van der Waals surface area (Å²) in [6.45, 7) is 13.7. The minimum absolute atomic E-state index is 0.0971. The predicted molar refractivity (Wildman–Crippen MR) is 177 cm³/mol. The molecule has 48 heavy (non-hydrogen) atoms. The van der Waals surface area contributed by atoms with Gasteiger partial charge in [-0.15, -0.1) is 6.58 Å². The lowest BCUT2D eigenvalue weighted by Gasteiger charge is -2.36. The monoisotopic (exact) mass is 709 g/mol. The maximum absolute atomic E-state index is 14.2. The number of alkyl carbamates (subject to hydrolysis) is 1. The molecule has 0 spiro atoms. The fourth-order valence-electron chi connectivity index (χ4n) is 5.49. The van der Waals surface area contributed by atoms with Gasteiger partial charge in [-0.05, 0) is 57.6 Å². The van der Waals surface area contributed by atoms with Crippen LogP contribution in [0, 0.1) is 11.3 Å². The summed E-state index contributed by atoms with van der Waals surface area (Å²) in [5.41, 5.74) is -3.03. The van der Waals surface area contributed by atoms with Gasteiger partial charge in [0.2, 0.25) is 21.8 Å². The zero-order chi connectivity index (χ0) is 35.8. The van der Waals surface area contributed by atoms with Gasteiger partial charge in [0.15, 0.2) is 0 Å². The number of likely N-dealkylation sites (tertiary alicyclic amines) is 1. The maximum Gasteiger partial charge on any atom is 0.412 e. The second-order valence-corrected chi connectivity index (χ2v) is 16.9. The first-order valence-corrected chi connectivity index (χ1v) is 17.6. The zero-order valence-electron chi connectivity index (χ0n) is 27.9. The minimum atomic E-state index is -3.92. The third-order valence-electron chi connectivity index (χ3n) is 8.26. The molecule has 16 heteroatoms. The van der Waals surface area contributed by atoms with Crippen molar-refractivity contribution >= 4 is 57.2 Å². The minimum Gasteiger partial charge on any atom is -0.444 e. The van der Waals surface area contributed by atoms with Crippen LogP contribution >= 0.6 is 11.6 Å². The van der Waals surface area contributed by atoms with E-state index >= 15 is 0 Å². The number of nitrogens with one attached hydrogen (secondary N) is 4. The lowest BCUT2D eigenvalue weighted by molar-refractivity contribution is -0.143. The van der Waals surface area contributed by atoms with Crippen LogP contribution in [-0.2, 0) is 33.9 Å². The number of rotatable bonds is 10. The number of hydrogen-bond donors (Lipinski definition) is 4. The fourth-order valence-corrected chi connectivity index (χ4v) is 7.03. The number of hydrogen-bond acceptors (Lipinski definition) is 9. The molecule has 1 aromatic rings. The summed E-state index contributed by atoms with van der Waals surface area (Å²) in [7, 11) is -3.92. The van der Waals surface area contributed by atoms with Gasteiger partial charge >= 0.3 is 12.2 Å². The molecule has 2 saturated carbocycles. The van der Waals surface area contributed by atoms with Crippen LogP contribution in [-0.4, -0.2) is 84.3 Å². The Morgan fingerprint density at radius 1 is 1.06 bits per heavy atom. The summed E-state index contributed by atoms with van der Waals surface area (Å²) in [6.07, 6.45) is -0.449. The van der Waals surface area contributed by atoms with Gasteiger partial charge < -0.3 is 25.0 Å². The molecule has 264 valence electrons. The van der Waals surface area contributed by atoms with E-state index in [-0.39, 0.29) is 30.1 Å². The van der Waals surface area contributed by atoms with Crippen molar-refractivity contribution < 1.29 is 41.9 Å². The van der Waals surface area contributed by atoms with Crippen molar-refractivity contribution in [1.82, 2.24) is 20.3 Å². The molecule has 1 aromatic carbocycles. The number of anilines is 1. The van der Waals surface area contributed by atoms with Gasteiger partial charge in [-0.1, -0.05) is 50.6 Å². The van der Waals surface area contributed by atoms with Crippen molar-refractivity contribution in [2.45, 2.75) is 102 Å². The van der Waals surface area contributed by atoms with Crippen LogP contribution in [0.1, 0.15) is 67.2 Å². The first-order valence-electron chi connectivity index (χ1n) is 15.7. The first kappa shape index (κ1) is 37.0. The lowest BCUT2D eigenvalue weighted by atomic mass is 9.85. The Balaban J connectivity index is 1.59. The zero-order valence-corrected chi connectivity index (χ0v) is 29.5. The number of para-hydroxylation sites is 1. The molecule has 2 aliphatic carbocycles. The van der Waals surface area contributed by atoms with Crippen molar-refractivity contribution in [3.63, 3.8) is 0 Å². The van der Waals surface area contributed by atoms with E-state index < -0.39 is 85.8 Å². The Labute approximate surface area is 285 Å². The van der Waals surface area contributed by atoms with Crippen molar-refractivity contribution in [3.8, 4) is 0 Å². The molecule has 4 rings (SSSR count). The highest BCUT2D eigenvalue weighted by atomic mass is 35.5. The molecule has 0 bridgehead atoms. The van der Waals surface area contributed by atoms with Gasteiger partial charge in [0.1, 0.15) is 29.3 Å². The van der Waals surface area contributed by atoms with Gasteiger partial charge in [-0.3, -0.25) is 24.4 Å². The number of halogens is 1. The van der Waals surface area contributed by atoms with Crippen LogP contribution in [0.5, 0.6) is 0 Å². The van der Waals surface area contributed by atoms with E-state index in [1.165, 1.54) is 11.0 Å². The van der Waals surface area contributed by atoms with Crippen LogP contribution in [0.4, 0.5) is 15.3 Å². The maximum atomic E-state index is 14.2. The Morgan fingerprint density at radius 3 is 2.25 bits per heavy atom. The fraction of sp³-hybridized carbons (Fsp3) is 0.594. The van der Waals surface area contributed by atoms with Crippen molar-refractivity contribution in [1.29, 1.82) is 0 Å². The van der Waals surface area contributed by atoms with Crippen molar-refractivity contribution in [2.75, 3.05) is 11.9 Å². The van der Waals surface area contributed by atoms with Crippen LogP contribution in [0.15, 0.2) is 36.9 Å². The van der Waals surface area contributed by atoms with Crippen LogP contribution in [0.2, 0.25) is 5.02 Å². The molecule has 0 aromatic heterocycles. The average Bonchev–Trinajstić information content (AvgIpc) is 3.88. The quantitative estimate of drug-likeness (QED) is 0.264. The smallest absolute Gasteiger partial charge is 0.412 e. The molecular weight excluding hydrogens is 666 g/mol. The van der Waals surface area contributed by atoms with E-state index in [1.807, 2.05) is 0 Å². The number of amides is 5. The number of nitrogens with zero attached hydrogens (tertiary/aromatic N) is 1. The molecule has 14 nitrogen and oxygen atoms in total. The summed E-state index contributed by atoms with van der Waals surface area (Å²) >= 11 is 6.15. The van der Waals surface area contributed by atoms with Gasteiger partial charge in [0.05, 0.1) is 22.5 Å².